The molecule has 1 aromatic carbocycles. The molecule has 2 saturated heterocycles. The first kappa shape index (κ1) is 18.4. The number of fused-ring (bicyclic) bond motifs is 1. The van der Waals surface area contributed by atoms with E-state index in [9.17, 15) is 0 Å². The highest BCUT2D eigenvalue weighted by Gasteiger charge is 2.21. The van der Waals surface area contributed by atoms with Crippen molar-refractivity contribution in [3.8, 4) is 0 Å². The highest BCUT2D eigenvalue weighted by atomic mass is 15.4. The van der Waals surface area contributed by atoms with Crippen LogP contribution < -0.4 is 9.80 Å². The van der Waals surface area contributed by atoms with E-state index >= 15 is 0 Å². The molecule has 2 fully saturated rings. The van der Waals surface area contributed by atoms with Crippen LogP contribution in [0.5, 0.6) is 0 Å². The van der Waals surface area contributed by atoms with E-state index in [1.165, 1.54) is 24.1 Å². The molecule has 2 aliphatic heterocycles. The Morgan fingerprint density at radius 3 is 2.41 bits per heavy atom. The maximum atomic E-state index is 4.83. The summed E-state index contributed by atoms with van der Waals surface area (Å²) in [5, 5.41) is 4.83. The van der Waals surface area contributed by atoms with Crippen molar-refractivity contribution in [2.24, 2.45) is 0 Å². The highest BCUT2D eigenvalue weighted by molar-refractivity contribution is 5.49. The molecule has 0 N–H and O–H groups in total. The molecule has 2 aliphatic rings. The van der Waals surface area contributed by atoms with E-state index in [1.54, 1.807) is 0 Å². The lowest BCUT2D eigenvalue weighted by Crippen LogP contribution is -2.46. The highest BCUT2D eigenvalue weighted by Crippen LogP contribution is 2.22. The second-order valence-electron chi connectivity index (χ2n) is 8.29. The summed E-state index contributed by atoms with van der Waals surface area (Å²) in [5.74, 6) is 2.72. The van der Waals surface area contributed by atoms with E-state index in [0.717, 1.165) is 68.9 Å². The summed E-state index contributed by atoms with van der Waals surface area (Å²) < 4.78 is 1.94. The van der Waals surface area contributed by atoms with Crippen LogP contribution >= 0.6 is 0 Å². The Kier molecular flexibility index (Phi) is 4.83. The van der Waals surface area contributed by atoms with Crippen LogP contribution in [-0.2, 0) is 6.54 Å². The van der Waals surface area contributed by atoms with E-state index in [-0.39, 0.29) is 0 Å². The zero-order valence-electron chi connectivity index (χ0n) is 17.4. The fourth-order valence-corrected chi connectivity index (χ4v) is 4.44. The fraction of sp³-hybridized carbons (Fsp3) is 0.500. The Labute approximate surface area is 172 Å². The molecule has 3 aromatic rings. The van der Waals surface area contributed by atoms with Crippen molar-refractivity contribution < 1.29 is 0 Å². The molecule has 4 heterocycles. The minimum Gasteiger partial charge on any atom is -0.369 e. The van der Waals surface area contributed by atoms with Gasteiger partial charge in [0.25, 0.3) is 5.78 Å². The first-order valence-corrected chi connectivity index (χ1v) is 10.7. The smallest absolute Gasteiger partial charge is 0.254 e. The molecular weight excluding hydrogens is 362 g/mol. The Morgan fingerprint density at radius 2 is 1.66 bits per heavy atom. The Balaban J connectivity index is 1.29. The number of hydrogen-bond acceptors (Lipinski definition) is 6. The van der Waals surface area contributed by atoms with Crippen molar-refractivity contribution in [2.45, 2.75) is 33.2 Å². The average Bonchev–Trinajstić information content (AvgIpc) is 3.37. The Morgan fingerprint density at radius 1 is 0.862 bits per heavy atom. The lowest BCUT2D eigenvalue weighted by atomic mass is 10.2. The average molecular weight is 392 g/mol. The molecule has 0 unspecified atom stereocenters. The maximum Gasteiger partial charge on any atom is 0.254 e. The monoisotopic (exact) mass is 391 g/mol. The molecule has 0 saturated carbocycles. The summed E-state index contributed by atoms with van der Waals surface area (Å²) >= 11 is 0. The van der Waals surface area contributed by atoms with Crippen LogP contribution in [0.15, 0.2) is 30.3 Å². The standard InChI is InChI=1S/C22H29N7/c1-17-6-5-7-19(14-17)27-12-10-26(11-13-27)16-20-24-22-23-18(2)15-21(29(22)25-20)28-8-3-4-9-28/h5-7,14-15H,3-4,8-13,16H2,1-2H3. The van der Waals surface area contributed by atoms with E-state index in [2.05, 4.69) is 56.9 Å². The summed E-state index contributed by atoms with van der Waals surface area (Å²) in [4.78, 5) is 16.7. The SMILES string of the molecule is Cc1cccc(N2CCN(Cc3nc4nc(C)cc(N5CCCC5)n4n3)CC2)c1. The molecule has 0 atom stereocenters. The van der Waals surface area contributed by atoms with Crippen molar-refractivity contribution in [2.75, 3.05) is 49.1 Å². The number of piperazine rings is 1. The lowest BCUT2D eigenvalue weighted by Gasteiger charge is -2.35. The molecule has 7 heteroatoms. The summed E-state index contributed by atoms with van der Waals surface area (Å²) in [6.07, 6.45) is 2.49. The number of benzene rings is 1. The van der Waals surface area contributed by atoms with Crippen LogP contribution in [0.4, 0.5) is 11.5 Å². The number of rotatable bonds is 4. The van der Waals surface area contributed by atoms with Gasteiger partial charge >= 0.3 is 0 Å². The van der Waals surface area contributed by atoms with E-state index in [4.69, 9.17) is 10.1 Å². The molecule has 5 rings (SSSR count). The number of anilines is 2. The first-order valence-electron chi connectivity index (χ1n) is 10.7. The lowest BCUT2D eigenvalue weighted by molar-refractivity contribution is 0.244. The van der Waals surface area contributed by atoms with E-state index in [1.807, 2.05) is 11.4 Å². The van der Waals surface area contributed by atoms with Crippen LogP contribution in [0.2, 0.25) is 0 Å². The van der Waals surface area contributed by atoms with Gasteiger partial charge in [-0.15, -0.1) is 5.10 Å². The van der Waals surface area contributed by atoms with Crippen molar-refractivity contribution in [3.63, 3.8) is 0 Å². The zero-order valence-corrected chi connectivity index (χ0v) is 17.4. The molecule has 0 spiro atoms. The molecular formula is C22H29N7. The van der Waals surface area contributed by atoms with Gasteiger partial charge in [0.2, 0.25) is 0 Å². The maximum absolute atomic E-state index is 4.83. The van der Waals surface area contributed by atoms with Gasteiger partial charge in [-0.1, -0.05) is 12.1 Å². The van der Waals surface area contributed by atoms with Gasteiger partial charge in [-0.3, -0.25) is 4.90 Å². The number of nitrogens with zero attached hydrogens (tertiary/aromatic N) is 7. The third kappa shape index (κ3) is 3.79. The van der Waals surface area contributed by atoms with Crippen LogP contribution in [0.25, 0.3) is 5.78 Å². The minimum atomic E-state index is 0.722. The van der Waals surface area contributed by atoms with Crippen molar-refractivity contribution >= 4 is 17.3 Å². The summed E-state index contributed by atoms with van der Waals surface area (Å²) in [5.41, 5.74) is 3.64. The van der Waals surface area contributed by atoms with Crippen LogP contribution in [0, 0.1) is 13.8 Å². The molecule has 29 heavy (non-hydrogen) atoms. The third-order valence-corrected chi connectivity index (χ3v) is 6.00. The second-order valence-corrected chi connectivity index (χ2v) is 8.29. The van der Waals surface area contributed by atoms with E-state index < -0.39 is 0 Å². The molecule has 0 bridgehead atoms. The van der Waals surface area contributed by atoms with Gasteiger partial charge in [0.05, 0.1) is 6.54 Å². The molecule has 7 nitrogen and oxygen atoms in total. The predicted molar refractivity (Wildman–Crippen MR) is 116 cm³/mol. The summed E-state index contributed by atoms with van der Waals surface area (Å²) in [7, 11) is 0. The quantitative estimate of drug-likeness (QED) is 0.682. The van der Waals surface area contributed by atoms with Crippen molar-refractivity contribution in [3.05, 3.63) is 47.4 Å². The Bertz CT molecular complexity index is 998. The topological polar surface area (TPSA) is 52.8 Å². The molecule has 152 valence electrons. The Hall–Kier alpha value is -2.67. The van der Waals surface area contributed by atoms with Crippen LogP contribution in [0.1, 0.15) is 29.9 Å². The summed E-state index contributed by atoms with van der Waals surface area (Å²) in [6, 6.07) is 10.9. The predicted octanol–water partition coefficient (Wildman–Crippen LogP) is 2.66. The van der Waals surface area contributed by atoms with Gasteiger partial charge in [0.15, 0.2) is 5.82 Å². The zero-order chi connectivity index (χ0) is 19.8. The molecule has 0 radical (unpaired) electrons. The molecule has 0 amide bonds. The summed E-state index contributed by atoms with van der Waals surface area (Å²) in [6.45, 7) is 11.3. The van der Waals surface area contributed by atoms with Gasteiger partial charge in [-0.2, -0.15) is 9.50 Å². The normalized spacial score (nSPS) is 18.1. The van der Waals surface area contributed by atoms with E-state index in [0.29, 0.717) is 0 Å². The number of hydrogen-bond donors (Lipinski definition) is 0. The van der Waals surface area contributed by atoms with Crippen LogP contribution in [0.3, 0.4) is 0 Å². The van der Waals surface area contributed by atoms with Gasteiger partial charge < -0.3 is 9.80 Å². The first-order chi connectivity index (χ1) is 14.2. The van der Waals surface area contributed by atoms with Crippen molar-refractivity contribution in [1.29, 1.82) is 0 Å². The van der Waals surface area contributed by atoms with Crippen LogP contribution in [-0.4, -0.2) is 63.8 Å². The van der Waals surface area contributed by atoms with Gasteiger partial charge in [0.1, 0.15) is 5.82 Å². The number of aromatic nitrogens is 4. The largest absolute Gasteiger partial charge is 0.369 e. The van der Waals surface area contributed by atoms with Gasteiger partial charge in [-0.25, -0.2) is 4.98 Å². The van der Waals surface area contributed by atoms with Crippen molar-refractivity contribution in [1.82, 2.24) is 24.5 Å². The minimum absolute atomic E-state index is 0.722. The fourth-order valence-electron chi connectivity index (χ4n) is 4.44. The molecule has 0 aliphatic carbocycles. The third-order valence-electron chi connectivity index (χ3n) is 6.00. The second kappa shape index (κ2) is 7.63. The number of aryl methyl sites for hydroxylation is 2. The van der Waals surface area contributed by atoms with Gasteiger partial charge in [0, 0.05) is 56.7 Å². The molecule has 2 aromatic heterocycles. The van der Waals surface area contributed by atoms with Gasteiger partial charge in [-0.05, 0) is 44.4 Å².